The summed E-state index contributed by atoms with van der Waals surface area (Å²) in [4.78, 5) is 12.2. The van der Waals surface area contributed by atoms with Crippen LogP contribution < -0.4 is 10.0 Å². The Morgan fingerprint density at radius 1 is 1.00 bits per heavy atom. The second-order valence-corrected chi connectivity index (χ2v) is 6.90. The highest BCUT2D eigenvalue weighted by Gasteiger charge is 2.09. The van der Waals surface area contributed by atoms with Gasteiger partial charge in [0.1, 0.15) is 0 Å². The van der Waals surface area contributed by atoms with Crippen LogP contribution in [0.15, 0.2) is 42.5 Å². The Bertz CT molecular complexity index is 797. The van der Waals surface area contributed by atoms with Crippen molar-refractivity contribution in [3.63, 3.8) is 0 Å². The summed E-state index contributed by atoms with van der Waals surface area (Å²) in [6.07, 6.45) is 1.08. The average Bonchev–Trinajstić information content (AvgIpc) is 2.43. The van der Waals surface area contributed by atoms with Crippen LogP contribution in [0, 0.1) is 13.8 Å². The van der Waals surface area contributed by atoms with Gasteiger partial charge in [0.15, 0.2) is 0 Å². The lowest BCUT2D eigenvalue weighted by atomic mass is 10.1. The largest absolute Gasteiger partial charge is 0.322 e. The molecule has 0 aliphatic heterocycles. The van der Waals surface area contributed by atoms with Gasteiger partial charge in [-0.1, -0.05) is 12.1 Å². The number of hydrogen-bond donors (Lipinski definition) is 2. The van der Waals surface area contributed by atoms with Crippen molar-refractivity contribution >= 4 is 27.3 Å². The first-order valence-corrected chi connectivity index (χ1v) is 8.61. The van der Waals surface area contributed by atoms with Crippen molar-refractivity contribution in [3.05, 3.63) is 59.2 Å². The molecule has 0 saturated heterocycles. The first-order chi connectivity index (χ1) is 10.3. The van der Waals surface area contributed by atoms with Crippen molar-refractivity contribution in [2.24, 2.45) is 0 Å². The van der Waals surface area contributed by atoms with Crippen LogP contribution in [-0.2, 0) is 10.0 Å². The number of nitrogens with one attached hydrogen (secondary N) is 2. The van der Waals surface area contributed by atoms with Crippen LogP contribution in [0.1, 0.15) is 21.5 Å². The highest BCUT2D eigenvalue weighted by molar-refractivity contribution is 7.92. The summed E-state index contributed by atoms with van der Waals surface area (Å²) >= 11 is 0. The predicted octanol–water partition coefficient (Wildman–Crippen LogP) is 2.93. The molecule has 0 fully saturated rings. The number of rotatable bonds is 4. The van der Waals surface area contributed by atoms with Crippen molar-refractivity contribution in [3.8, 4) is 0 Å². The first kappa shape index (κ1) is 16.0. The van der Waals surface area contributed by atoms with Gasteiger partial charge < -0.3 is 5.32 Å². The Balaban J connectivity index is 2.15. The topological polar surface area (TPSA) is 75.3 Å². The minimum absolute atomic E-state index is 0.236. The van der Waals surface area contributed by atoms with Gasteiger partial charge in [-0.3, -0.25) is 9.52 Å². The number of sulfonamides is 1. The molecule has 0 atom stereocenters. The fourth-order valence-corrected chi connectivity index (χ4v) is 2.55. The zero-order valence-electron chi connectivity index (χ0n) is 12.7. The predicted molar refractivity (Wildman–Crippen MR) is 88.8 cm³/mol. The van der Waals surface area contributed by atoms with Gasteiger partial charge in [-0.05, 0) is 55.3 Å². The van der Waals surface area contributed by atoms with E-state index in [0.29, 0.717) is 11.3 Å². The van der Waals surface area contributed by atoms with E-state index in [0.717, 1.165) is 23.1 Å². The molecule has 22 heavy (non-hydrogen) atoms. The van der Waals surface area contributed by atoms with E-state index in [-0.39, 0.29) is 5.91 Å². The Morgan fingerprint density at radius 3 is 2.23 bits per heavy atom. The molecule has 1 amide bonds. The molecule has 0 aromatic heterocycles. The number of aryl methyl sites for hydroxylation is 1. The van der Waals surface area contributed by atoms with Gasteiger partial charge in [-0.25, -0.2) is 8.42 Å². The Labute approximate surface area is 130 Å². The summed E-state index contributed by atoms with van der Waals surface area (Å²) in [6.45, 7) is 3.93. The Hall–Kier alpha value is -2.34. The molecule has 0 unspecified atom stereocenters. The Morgan fingerprint density at radius 2 is 1.64 bits per heavy atom. The number of amides is 1. The second kappa shape index (κ2) is 6.19. The van der Waals surface area contributed by atoms with Gasteiger partial charge in [0, 0.05) is 16.9 Å². The van der Waals surface area contributed by atoms with E-state index >= 15 is 0 Å². The maximum atomic E-state index is 12.2. The molecular weight excluding hydrogens is 300 g/mol. The molecule has 0 aliphatic rings. The molecule has 0 heterocycles. The molecular formula is C16H18N2O3S. The number of hydrogen-bond acceptors (Lipinski definition) is 3. The van der Waals surface area contributed by atoms with Crippen LogP contribution in [0.25, 0.3) is 0 Å². The van der Waals surface area contributed by atoms with Gasteiger partial charge >= 0.3 is 0 Å². The minimum Gasteiger partial charge on any atom is -0.322 e. The zero-order chi connectivity index (χ0) is 16.3. The zero-order valence-corrected chi connectivity index (χ0v) is 13.5. The maximum absolute atomic E-state index is 12.2. The molecule has 116 valence electrons. The molecule has 0 aliphatic carbocycles. The maximum Gasteiger partial charge on any atom is 0.255 e. The summed E-state index contributed by atoms with van der Waals surface area (Å²) in [7, 11) is -3.32. The van der Waals surface area contributed by atoms with E-state index in [1.54, 1.807) is 24.3 Å². The third kappa shape index (κ3) is 4.08. The lowest BCUT2D eigenvalue weighted by Gasteiger charge is -2.11. The second-order valence-electron chi connectivity index (χ2n) is 5.15. The number of carbonyl (C=O) groups excluding carboxylic acids is 1. The highest BCUT2D eigenvalue weighted by Crippen LogP contribution is 2.19. The fourth-order valence-electron chi connectivity index (χ4n) is 1.98. The van der Waals surface area contributed by atoms with E-state index < -0.39 is 10.0 Å². The molecule has 0 radical (unpaired) electrons. The van der Waals surface area contributed by atoms with E-state index in [4.69, 9.17) is 0 Å². The summed E-state index contributed by atoms with van der Waals surface area (Å²) in [5, 5.41) is 2.86. The SMILES string of the molecule is Cc1cccc(NC(=O)c2ccc(NS(C)(=O)=O)cc2)c1C. The Kier molecular flexibility index (Phi) is 4.51. The molecule has 5 nitrogen and oxygen atoms in total. The van der Waals surface area contributed by atoms with Gasteiger partial charge in [0.2, 0.25) is 10.0 Å². The van der Waals surface area contributed by atoms with Crippen LogP contribution in [0.4, 0.5) is 11.4 Å². The summed E-state index contributed by atoms with van der Waals surface area (Å²) in [6, 6.07) is 12.0. The molecule has 0 bridgehead atoms. The summed E-state index contributed by atoms with van der Waals surface area (Å²) < 4.78 is 24.6. The highest BCUT2D eigenvalue weighted by atomic mass is 32.2. The number of benzene rings is 2. The molecule has 2 N–H and O–H groups in total. The number of carbonyl (C=O) groups is 1. The monoisotopic (exact) mass is 318 g/mol. The summed E-state index contributed by atoms with van der Waals surface area (Å²) in [5.41, 5.74) is 3.77. The van der Waals surface area contributed by atoms with Crippen molar-refractivity contribution < 1.29 is 13.2 Å². The fraction of sp³-hybridized carbons (Fsp3) is 0.188. The first-order valence-electron chi connectivity index (χ1n) is 6.72. The standard InChI is InChI=1S/C16H18N2O3S/c1-11-5-4-6-15(12(11)2)17-16(19)13-7-9-14(10-8-13)18-22(3,20)21/h4-10,18H,1-3H3,(H,17,19). The van der Waals surface area contributed by atoms with E-state index in [9.17, 15) is 13.2 Å². The van der Waals surface area contributed by atoms with Crippen molar-refractivity contribution in [1.29, 1.82) is 0 Å². The molecule has 2 aromatic carbocycles. The normalized spacial score (nSPS) is 11.0. The molecule has 0 spiro atoms. The average molecular weight is 318 g/mol. The molecule has 2 rings (SSSR count). The van der Waals surface area contributed by atoms with Crippen LogP contribution in [0.3, 0.4) is 0 Å². The lowest BCUT2D eigenvalue weighted by Crippen LogP contribution is -2.13. The third-order valence-corrected chi connectivity index (χ3v) is 3.91. The van der Waals surface area contributed by atoms with E-state index in [1.807, 2.05) is 32.0 Å². The van der Waals surface area contributed by atoms with Crippen LogP contribution in [0.5, 0.6) is 0 Å². The van der Waals surface area contributed by atoms with Crippen LogP contribution >= 0.6 is 0 Å². The molecule has 0 saturated carbocycles. The van der Waals surface area contributed by atoms with Crippen molar-refractivity contribution in [1.82, 2.24) is 0 Å². The van der Waals surface area contributed by atoms with Gasteiger partial charge in [-0.2, -0.15) is 0 Å². The van der Waals surface area contributed by atoms with Gasteiger partial charge in [0.05, 0.1) is 6.26 Å². The quantitative estimate of drug-likeness (QED) is 0.910. The molecule has 2 aromatic rings. The minimum atomic E-state index is -3.32. The van der Waals surface area contributed by atoms with Gasteiger partial charge in [-0.15, -0.1) is 0 Å². The van der Waals surface area contributed by atoms with Crippen molar-refractivity contribution in [2.45, 2.75) is 13.8 Å². The van der Waals surface area contributed by atoms with Gasteiger partial charge in [0.25, 0.3) is 5.91 Å². The van der Waals surface area contributed by atoms with E-state index in [1.165, 1.54) is 0 Å². The lowest BCUT2D eigenvalue weighted by molar-refractivity contribution is 0.102. The smallest absolute Gasteiger partial charge is 0.255 e. The summed E-state index contributed by atoms with van der Waals surface area (Å²) in [5.74, 6) is -0.236. The van der Waals surface area contributed by atoms with Crippen molar-refractivity contribution in [2.75, 3.05) is 16.3 Å². The van der Waals surface area contributed by atoms with Crippen LogP contribution in [0.2, 0.25) is 0 Å². The van der Waals surface area contributed by atoms with Crippen LogP contribution in [-0.4, -0.2) is 20.6 Å². The van der Waals surface area contributed by atoms with E-state index in [2.05, 4.69) is 10.0 Å². The third-order valence-electron chi connectivity index (χ3n) is 3.30. The number of anilines is 2. The molecule has 6 heteroatoms.